The standard InChI is InChI=1S/C19H18F2N4O2S2/c20-15-7-5-14(6-8-15)13-18-22-23-19(28-18)24-9-11-25(12-10-24)29(26,27)17-4-2-1-3-16(17)21/h1-8H,9-13H2. The first-order valence-electron chi connectivity index (χ1n) is 9.00. The van der Waals surface area contributed by atoms with Crippen LogP contribution in [0, 0.1) is 11.6 Å². The molecule has 29 heavy (non-hydrogen) atoms. The van der Waals surface area contributed by atoms with Crippen molar-refractivity contribution in [2.45, 2.75) is 11.3 Å². The predicted molar refractivity (Wildman–Crippen MR) is 106 cm³/mol. The lowest BCUT2D eigenvalue weighted by molar-refractivity contribution is 0.382. The summed E-state index contributed by atoms with van der Waals surface area (Å²) in [6, 6.07) is 11.6. The number of rotatable bonds is 5. The number of anilines is 1. The monoisotopic (exact) mass is 436 g/mol. The third-order valence-corrected chi connectivity index (χ3v) is 7.60. The predicted octanol–water partition coefficient (Wildman–Crippen LogP) is 2.92. The second kappa shape index (κ2) is 8.13. The van der Waals surface area contributed by atoms with E-state index in [1.807, 2.05) is 4.90 Å². The minimum absolute atomic E-state index is 0.240. The van der Waals surface area contributed by atoms with Crippen molar-refractivity contribution in [3.63, 3.8) is 0 Å². The number of sulfonamides is 1. The molecule has 2 aromatic carbocycles. The summed E-state index contributed by atoms with van der Waals surface area (Å²) >= 11 is 1.43. The zero-order valence-corrected chi connectivity index (χ0v) is 17.0. The molecule has 0 aliphatic carbocycles. The zero-order chi connectivity index (χ0) is 20.4. The number of piperazine rings is 1. The van der Waals surface area contributed by atoms with Crippen molar-refractivity contribution in [3.05, 3.63) is 70.7 Å². The van der Waals surface area contributed by atoms with Crippen LogP contribution in [0.4, 0.5) is 13.9 Å². The van der Waals surface area contributed by atoms with E-state index in [4.69, 9.17) is 0 Å². The van der Waals surface area contributed by atoms with Crippen LogP contribution in [0.2, 0.25) is 0 Å². The van der Waals surface area contributed by atoms with Gasteiger partial charge in [0, 0.05) is 32.6 Å². The molecule has 1 aliphatic heterocycles. The quantitative estimate of drug-likeness (QED) is 0.615. The molecule has 0 amide bonds. The normalized spacial score (nSPS) is 15.6. The number of nitrogens with zero attached hydrogens (tertiary/aromatic N) is 4. The highest BCUT2D eigenvalue weighted by Crippen LogP contribution is 2.26. The minimum atomic E-state index is -3.87. The van der Waals surface area contributed by atoms with Gasteiger partial charge in [-0.2, -0.15) is 4.31 Å². The van der Waals surface area contributed by atoms with Crippen molar-refractivity contribution < 1.29 is 17.2 Å². The fraction of sp³-hybridized carbons (Fsp3) is 0.263. The van der Waals surface area contributed by atoms with Crippen molar-refractivity contribution in [2.75, 3.05) is 31.1 Å². The molecule has 0 spiro atoms. The number of hydrogen-bond donors (Lipinski definition) is 0. The van der Waals surface area contributed by atoms with Crippen LogP contribution in [0.25, 0.3) is 0 Å². The lowest BCUT2D eigenvalue weighted by atomic mass is 10.2. The van der Waals surface area contributed by atoms with E-state index in [9.17, 15) is 17.2 Å². The van der Waals surface area contributed by atoms with Gasteiger partial charge in [-0.1, -0.05) is 35.6 Å². The first-order chi connectivity index (χ1) is 13.9. The minimum Gasteiger partial charge on any atom is -0.344 e. The second-order valence-corrected chi connectivity index (χ2v) is 9.55. The summed E-state index contributed by atoms with van der Waals surface area (Å²) in [7, 11) is -3.87. The largest absolute Gasteiger partial charge is 0.344 e. The molecule has 3 aromatic rings. The van der Waals surface area contributed by atoms with Gasteiger partial charge in [0.15, 0.2) is 0 Å². The molecular weight excluding hydrogens is 418 g/mol. The van der Waals surface area contributed by atoms with Crippen LogP contribution in [0.15, 0.2) is 53.4 Å². The number of hydrogen-bond acceptors (Lipinski definition) is 6. The Morgan fingerprint density at radius 2 is 1.62 bits per heavy atom. The molecule has 6 nitrogen and oxygen atoms in total. The van der Waals surface area contributed by atoms with E-state index in [0.717, 1.165) is 16.6 Å². The molecule has 0 bridgehead atoms. The van der Waals surface area contributed by atoms with Gasteiger partial charge in [0.1, 0.15) is 21.5 Å². The highest BCUT2D eigenvalue weighted by atomic mass is 32.2. The molecule has 10 heteroatoms. The van der Waals surface area contributed by atoms with Crippen LogP contribution in [0.5, 0.6) is 0 Å². The SMILES string of the molecule is O=S(=O)(c1ccccc1F)N1CCN(c2nnc(Cc3ccc(F)cc3)s2)CC1. The summed E-state index contributed by atoms with van der Waals surface area (Å²) in [4.78, 5) is 1.67. The molecule has 0 atom stereocenters. The summed E-state index contributed by atoms with van der Waals surface area (Å²) in [5, 5.41) is 9.91. The van der Waals surface area contributed by atoms with Gasteiger partial charge in [0.25, 0.3) is 0 Å². The van der Waals surface area contributed by atoms with Gasteiger partial charge < -0.3 is 4.90 Å². The summed E-state index contributed by atoms with van der Waals surface area (Å²) in [5.74, 6) is -1.03. The van der Waals surface area contributed by atoms with Crippen LogP contribution in [0.1, 0.15) is 10.6 Å². The van der Waals surface area contributed by atoms with Crippen LogP contribution < -0.4 is 4.90 Å². The summed E-state index contributed by atoms with van der Waals surface area (Å²) in [6.07, 6.45) is 0.555. The Kier molecular flexibility index (Phi) is 5.57. The first kappa shape index (κ1) is 19.9. The Labute approximate surface area is 171 Å². The van der Waals surface area contributed by atoms with Gasteiger partial charge in [-0.05, 0) is 29.8 Å². The highest BCUT2D eigenvalue weighted by Gasteiger charge is 2.31. The lowest BCUT2D eigenvalue weighted by Crippen LogP contribution is -2.48. The zero-order valence-electron chi connectivity index (χ0n) is 15.3. The van der Waals surface area contributed by atoms with Crippen LogP contribution in [-0.2, 0) is 16.4 Å². The third kappa shape index (κ3) is 4.29. The number of aromatic nitrogens is 2. The van der Waals surface area contributed by atoms with Gasteiger partial charge in [0.05, 0.1) is 0 Å². The molecule has 1 aromatic heterocycles. The number of benzene rings is 2. The van der Waals surface area contributed by atoms with E-state index in [-0.39, 0.29) is 23.8 Å². The van der Waals surface area contributed by atoms with Crippen molar-refractivity contribution in [1.82, 2.24) is 14.5 Å². The van der Waals surface area contributed by atoms with Crippen molar-refractivity contribution >= 4 is 26.5 Å². The fourth-order valence-electron chi connectivity index (χ4n) is 3.13. The van der Waals surface area contributed by atoms with Gasteiger partial charge >= 0.3 is 0 Å². The van der Waals surface area contributed by atoms with Crippen molar-refractivity contribution in [3.8, 4) is 0 Å². The first-order valence-corrected chi connectivity index (χ1v) is 11.3. The summed E-state index contributed by atoms with van der Waals surface area (Å²) in [6.45, 7) is 1.37. The summed E-state index contributed by atoms with van der Waals surface area (Å²) in [5.41, 5.74) is 0.940. The Hall–Kier alpha value is -2.43. The lowest BCUT2D eigenvalue weighted by Gasteiger charge is -2.33. The molecule has 4 rings (SSSR count). The van der Waals surface area contributed by atoms with E-state index < -0.39 is 15.8 Å². The molecular formula is C19H18F2N4O2S2. The number of halogens is 2. The molecule has 152 valence electrons. The van der Waals surface area contributed by atoms with Crippen LogP contribution in [0.3, 0.4) is 0 Å². The fourth-order valence-corrected chi connectivity index (χ4v) is 5.55. The van der Waals surface area contributed by atoms with E-state index in [1.165, 1.54) is 46.0 Å². The smallest absolute Gasteiger partial charge is 0.246 e. The van der Waals surface area contributed by atoms with E-state index >= 15 is 0 Å². The van der Waals surface area contributed by atoms with Gasteiger partial charge in [-0.3, -0.25) is 0 Å². The molecule has 0 unspecified atom stereocenters. The van der Waals surface area contributed by atoms with Crippen molar-refractivity contribution in [2.24, 2.45) is 0 Å². The second-order valence-electron chi connectivity index (χ2n) is 6.60. The van der Waals surface area contributed by atoms with Crippen LogP contribution in [-0.4, -0.2) is 49.1 Å². The maximum Gasteiger partial charge on any atom is 0.246 e. The average Bonchev–Trinajstić information content (AvgIpc) is 3.18. The van der Waals surface area contributed by atoms with Gasteiger partial charge in [-0.25, -0.2) is 17.2 Å². The molecule has 1 saturated heterocycles. The molecule has 1 fully saturated rings. The Balaban J connectivity index is 1.40. The highest BCUT2D eigenvalue weighted by molar-refractivity contribution is 7.89. The molecule has 0 saturated carbocycles. The molecule has 0 N–H and O–H groups in total. The Morgan fingerprint density at radius 3 is 2.31 bits per heavy atom. The maximum atomic E-state index is 13.9. The van der Waals surface area contributed by atoms with Crippen LogP contribution >= 0.6 is 11.3 Å². The van der Waals surface area contributed by atoms with Gasteiger partial charge in [-0.15, -0.1) is 10.2 Å². The topological polar surface area (TPSA) is 66.4 Å². The van der Waals surface area contributed by atoms with E-state index in [2.05, 4.69) is 10.2 Å². The molecule has 1 aliphatic rings. The Bertz CT molecular complexity index is 1100. The van der Waals surface area contributed by atoms with E-state index in [1.54, 1.807) is 12.1 Å². The molecule has 0 radical (unpaired) electrons. The van der Waals surface area contributed by atoms with Crippen molar-refractivity contribution in [1.29, 1.82) is 0 Å². The average molecular weight is 437 g/mol. The van der Waals surface area contributed by atoms with Gasteiger partial charge in [0.2, 0.25) is 15.2 Å². The summed E-state index contributed by atoms with van der Waals surface area (Å²) < 4.78 is 53.6. The van der Waals surface area contributed by atoms with E-state index in [0.29, 0.717) is 24.6 Å². The maximum absolute atomic E-state index is 13.9. The third-order valence-electron chi connectivity index (χ3n) is 4.69. The Morgan fingerprint density at radius 1 is 0.931 bits per heavy atom. The molecule has 2 heterocycles.